The van der Waals surface area contributed by atoms with Gasteiger partial charge in [-0.15, -0.1) is 0 Å². The second-order valence-corrected chi connectivity index (χ2v) is 9.66. The number of aliphatic hydroxyl groups excluding tert-OH is 1. The van der Waals surface area contributed by atoms with E-state index in [9.17, 15) is 24.8 Å². The number of aliphatic hydroxyl groups is 1. The first-order valence-corrected chi connectivity index (χ1v) is 12.3. The fraction of sp³-hybridized carbons (Fsp3) is 0.192. The number of rotatable bonds is 7. The van der Waals surface area contributed by atoms with E-state index in [1.54, 1.807) is 65.8 Å². The van der Waals surface area contributed by atoms with Crippen LogP contribution in [0.1, 0.15) is 17.4 Å². The van der Waals surface area contributed by atoms with Crippen LogP contribution in [-0.4, -0.2) is 48.8 Å². The molecule has 11 heteroatoms. The number of amides is 2. The monoisotopic (exact) mass is 563 g/mol. The van der Waals surface area contributed by atoms with Crippen molar-refractivity contribution in [3.8, 4) is 0 Å². The minimum Gasteiger partial charge on any atom is -0.386 e. The van der Waals surface area contributed by atoms with Gasteiger partial charge in [0.1, 0.15) is 6.04 Å². The molecule has 0 saturated carbocycles. The molecule has 1 saturated heterocycles. The summed E-state index contributed by atoms with van der Waals surface area (Å²) in [6.07, 6.45) is 3.94. The predicted octanol–water partition coefficient (Wildman–Crippen LogP) is 3.61. The van der Waals surface area contributed by atoms with Gasteiger partial charge < -0.3 is 10.5 Å². The van der Waals surface area contributed by atoms with Crippen molar-refractivity contribution in [1.82, 2.24) is 14.9 Å². The molecule has 1 aromatic heterocycles. The molecule has 2 amide bonds. The summed E-state index contributed by atoms with van der Waals surface area (Å²) < 4.78 is 0.852. The third kappa shape index (κ3) is 4.88. The van der Waals surface area contributed by atoms with Crippen LogP contribution in [0.5, 0.6) is 0 Å². The van der Waals surface area contributed by atoms with Crippen LogP contribution in [0.15, 0.2) is 89.6 Å². The van der Waals surface area contributed by atoms with Crippen molar-refractivity contribution in [3.63, 3.8) is 0 Å². The highest BCUT2D eigenvalue weighted by atomic mass is 79.9. The zero-order chi connectivity index (χ0) is 26.1. The number of likely N-dealkylation sites (tertiary alicyclic amines) is 1. The quantitative estimate of drug-likeness (QED) is 0.193. The van der Waals surface area contributed by atoms with Crippen LogP contribution in [0, 0.1) is 16.0 Å². The molecule has 5 rings (SSSR count). The van der Waals surface area contributed by atoms with E-state index in [2.05, 4.69) is 26.3 Å². The van der Waals surface area contributed by atoms with Gasteiger partial charge in [-0.05, 0) is 42.0 Å². The summed E-state index contributed by atoms with van der Waals surface area (Å²) in [5.41, 5.74) is 4.72. The lowest BCUT2D eigenvalue weighted by molar-refractivity contribution is -0.384. The van der Waals surface area contributed by atoms with E-state index in [0.717, 1.165) is 4.47 Å². The smallest absolute Gasteiger partial charge is 0.269 e. The number of benzene rings is 2. The maximum atomic E-state index is 13.6. The first-order valence-electron chi connectivity index (χ1n) is 11.5. The third-order valence-corrected chi connectivity index (χ3v) is 6.99. The number of nitrogens with zero attached hydrogens (tertiary/aromatic N) is 4. The SMILES string of the molecule is O=C1C2[C@@H](C=CC(C(O)c3ccc(Br)cc3)N2Nc2ccc([N+](=O)[O-])cc2)C(=O)N1Cc1ccccn1. The fourth-order valence-corrected chi connectivity index (χ4v) is 4.87. The zero-order valence-corrected chi connectivity index (χ0v) is 20.9. The number of imide groups is 1. The van der Waals surface area contributed by atoms with Gasteiger partial charge >= 0.3 is 0 Å². The summed E-state index contributed by atoms with van der Waals surface area (Å²) in [6.45, 7) is 0.0324. The van der Waals surface area contributed by atoms with Crippen LogP contribution in [0.25, 0.3) is 0 Å². The van der Waals surface area contributed by atoms with Crippen molar-refractivity contribution >= 4 is 39.1 Å². The average molecular weight is 564 g/mol. The molecule has 2 aliphatic heterocycles. The van der Waals surface area contributed by atoms with E-state index in [4.69, 9.17) is 0 Å². The first kappa shape index (κ1) is 24.8. The molecular weight excluding hydrogens is 542 g/mol. The lowest BCUT2D eigenvalue weighted by Crippen LogP contribution is -2.55. The van der Waals surface area contributed by atoms with Gasteiger partial charge in [0.05, 0.1) is 35.2 Å². The maximum Gasteiger partial charge on any atom is 0.269 e. The van der Waals surface area contributed by atoms with Gasteiger partial charge in [-0.1, -0.05) is 46.3 Å². The van der Waals surface area contributed by atoms with Gasteiger partial charge in [0.15, 0.2) is 0 Å². The first-order chi connectivity index (χ1) is 17.8. The molecule has 0 radical (unpaired) electrons. The molecule has 2 aromatic carbocycles. The summed E-state index contributed by atoms with van der Waals surface area (Å²) in [7, 11) is 0. The molecule has 4 atom stereocenters. The Balaban J connectivity index is 1.49. The number of anilines is 1. The lowest BCUT2D eigenvalue weighted by atomic mass is 9.90. The van der Waals surface area contributed by atoms with Crippen LogP contribution < -0.4 is 5.43 Å². The van der Waals surface area contributed by atoms with Crippen LogP contribution >= 0.6 is 15.9 Å². The van der Waals surface area contributed by atoms with Crippen molar-refractivity contribution in [2.24, 2.45) is 5.92 Å². The Morgan fingerprint density at radius 3 is 2.41 bits per heavy atom. The van der Waals surface area contributed by atoms with Crippen molar-refractivity contribution in [1.29, 1.82) is 0 Å². The molecule has 0 bridgehead atoms. The molecule has 37 heavy (non-hydrogen) atoms. The molecule has 10 nitrogen and oxygen atoms in total. The molecule has 2 N–H and O–H groups in total. The van der Waals surface area contributed by atoms with E-state index in [1.807, 2.05) is 0 Å². The molecule has 3 aromatic rings. The summed E-state index contributed by atoms with van der Waals surface area (Å²) in [5.74, 6) is -1.55. The number of nitrogens with one attached hydrogen (secondary N) is 1. The Kier molecular flexibility index (Phi) is 6.83. The minimum atomic E-state index is -1.04. The van der Waals surface area contributed by atoms with E-state index in [-0.39, 0.29) is 18.1 Å². The number of pyridine rings is 1. The highest BCUT2D eigenvalue weighted by molar-refractivity contribution is 9.10. The molecule has 2 aliphatic rings. The number of non-ortho nitro benzene ring substituents is 1. The predicted molar refractivity (Wildman–Crippen MR) is 138 cm³/mol. The Hall–Kier alpha value is -3.93. The molecule has 0 spiro atoms. The van der Waals surface area contributed by atoms with Gasteiger partial charge in [-0.25, -0.2) is 5.01 Å². The Bertz CT molecular complexity index is 1350. The molecule has 188 valence electrons. The Morgan fingerprint density at radius 1 is 1.03 bits per heavy atom. The Morgan fingerprint density at radius 2 is 1.76 bits per heavy atom. The van der Waals surface area contributed by atoms with Crippen molar-refractivity contribution in [3.05, 3.63) is 111 Å². The van der Waals surface area contributed by atoms with E-state index in [0.29, 0.717) is 16.9 Å². The normalized spacial score (nSPS) is 22.1. The van der Waals surface area contributed by atoms with Crippen molar-refractivity contribution < 1.29 is 19.6 Å². The van der Waals surface area contributed by atoms with Gasteiger partial charge in [0.25, 0.3) is 5.69 Å². The highest BCUT2D eigenvalue weighted by Crippen LogP contribution is 2.37. The average Bonchev–Trinajstić information content (AvgIpc) is 3.15. The van der Waals surface area contributed by atoms with Gasteiger partial charge in [-0.2, -0.15) is 0 Å². The molecule has 3 heterocycles. The number of hydrazine groups is 1. The van der Waals surface area contributed by atoms with Crippen molar-refractivity contribution in [2.45, 2.75) is 24.7 Å². The van der Waals surface area contributed by atoms with E-state index in [1.165, 1.54) is 29.2 Å². The number of carbonyl (C=O) groups is 2. The van der Waals surface area contributed by atoms with Crippen LogP contribution in [0.3, 0.4) is 0 Å². The highest BCUT2D eigenvalue weighted by Gasteiger charge is 2.53. The summed E-state index contributed by atoms with van der Waals surface area (Å²) in [4.78, 5) is 42.9. The van der Waals surface area contributed by atoms with Crippen LogP contribution in [0.2, 0.25) is 0 Å². The molecular formula is C26H22BrN5O5. The second kappa shape index (κ2) is 10.2. The number of nitro benzene ring substituents is 1. The summed E-state index contributed by atoms with van der Waals surface area (Å²) in [6, 6.07) is 16.5. The van der Waals surface area contributed by atoms with Crippen LogP contribution in [-0.2, 0) is 16.1 Å². The van der Waals surface area contributed by atoms with Gasteiger partial charge in [0, 0.05) is 28.5 Å². The Labute approximate surface area is 220 Å². The fourth-order valence-electron chi connectivity index (χ4n) is 4.60. The van der Waals surface area contributed by atoms with E-state index >= 15 is 0 Å². The minimum absolute atomic E-state index is 0.0324. The largest absolute Gasteiger partial charge is 0.386 e. The van der Waals surface area contributed by atoms with Crippen molar-refractivity contribution in [2.75, 3.05) is 5.43 Å². The zero-order valence-electron chi connectivity index (χ0n) is 19.3. The summed E-state index contributed by atoms with van der Waals surface area (Å²) >= 11 is 3.39. The summed E-state index contributed by atoms with van der Waals surface area (Å²) in [5, 5.41) is 24.0. The number of aromatic nitrogens is 1. The number of hydrogen-bond donors (Lipinski definition) is 2. The number of carbonyl (C=O) groups excluding carboxylic acids is 2. The number of halogens is 1. The van der Waals surface area contributed by atoms with Gasteiger partial charge in [-0.3, -0.25) is 29.6 Å². The molecule has 0 aliphatic carbocycles. The van der Waals surface area contributed by atoms with E-state index < -0.39 is 34.9 Å². The number of hydrogen-bond acceptors (Lipinski definition) is 8. The number of nitro groups is 1. The second-order valence-electron chi connectivity index (χ2n) is 8.75. The van der Waals surface area contributed by atoms with Crippen LogP contribution in [0.4, 0.5) is 11.4 Å². The maximum absolute atomic E-state index is 13.6. The molecule has 3 unspecified atom stereocenters. The lowest BCUT2D eigenvalue weighted by Gasteiger charge is -2.40. The topological polar surface area (TPSA) is 129 Å². The number of fused-ring (bicyclic) bond motifs is 1. The molecule has 1 fully saturated rings. The standard InChI is InChI=1S/C26H22BrN5O5/c27-17-6-4-16(5-7-17)24(33)22-13-12-21-23(31(22)29-18-8-10-20(11-9-18)32(36)37)26(35)30(25(21)34)15-19-3-1-2-14-28-19/h1-14,21-24,29,33H,15H2/t21-,22?,23?,24?/m1/s1. The third-order valence-electron chi connectivity index (χ3n) is 6.46. The van der Waals surface area contributed by atoms with Gasteiger partial charge in [0.2, 0.25) is 11.8 Å².